The number of carboxylic acid groups (broad SMARTS) is 1. The fourth-order valence-corrected chi connectivity index (χ4v) is 2.56. The molecule has 0 radical (unpaired) electrons. The first-order valence-electron chi connectivity index (χ1n) is 6.76. The van der Waals surface area contributed by atoms with Crippen LogP contribution in [0.5, 0.6) is 0 Å². The Balaban J connectivity index is 0.00000484. The van der Waals surface area contributed by atoms with E-state index in [0.717, 1.165) is 6.92 Å². The zero-order chi connectivity index (χ0) is 17.2. The van der Waals surface area contributed by atoms with Gasteiger partial charge in [-0.25, -0.2) is 9.18 Å². The number of ketones is 1. The molecule has 9 heteroatoms. The quantitative estimate of drug-likeness (QED) is 0.409. The number of aliphatic hydroxyl groups excluding tert-OH is 4. The van der Waals surface area contributed by atoms with Crippen LogP contribution in [0.2, 0.25) is 0 Å². The molecule has 1 fully saturated rings. The summed E-state index contributed by atoms with van der Waals surface area (Å²) in [4.78, 5) is 22.5. The zero-order valence-electron chi connectivity index (χ0n) is 12.2. The van der Waals surface area contributed by atoms with Crippen LogP contribution in [0, 0.1) is 5.92 Å². The summed E-state index contributed by atoms with van der Waals surface area (Å²) in [5, 5.41) is 47.5. The van der Waals surface area contributed by atoms with E-state index >= 15 is 0 Å². The predicted molar refractivity (Wildman–Crippen MR) is 76.4 cm³/mol. The highest BCUT2D eigenvalue weighted by Gasteiger charge is 2.58. The second kappa shape index (κ2) is 8.11. The second-order valence-corrected chi connectivity index (χ2v) is 5.70. The Morgan fingerprint density at radius 1 is 1.35 bits per heavy atom. The molecular weight excluding hydrogens is 315 g/mol. The van der Waals surface area contributed by atoms with Crippen LogP contribution in [0.3, 0.4) is 0 Å². The molecule has 0 spiro atoms. The van der Waals surface area contributed by atoms with E-state index in [1.807, 2.05) is 0 Å². The number of carbonyl (C=O) groups is 2. The molecule has 0 aromatic rings. The molecule has 0 aromatic heterocycles. The third kappa shape index (κ3) is 4.24. The van der Waals surface area contributed by atoms with Gasteiger partial charge in [0.15, 0.2) is 11.8 Å². The van der Waals surface area contributed by atoms with Crippen LogP contribution in [0.4, 0.5) is 4.39 Å². The zero-order valence-corrected chi connectivity index (χ0v) is 12.2. The van der Waals surface area contributed by atoms with Gasteiger partial charge in [-0.3, -0.25) is 0 Å². The van der Waals surface area contributed by atoms with E-state index in [1.165, 1.54) is 6.92 Å². The minimum absolute atomic E-state index is 0. The summed E-state index contributed by atoms with van der Waals surface area (Å²) >= 11 is 0. The lowest BCUT2D eigenvalue weighted by atomic mass is 9.77. The van der Waals surface area contributed by atoms with Crippen molar-refractivity contribution in [1.29, 1.82) is 0 Å². The highest BCUT2D eigenvalue weighted by Crippen LogP contribution is 2.39. The number of carbonyl (C=O) groups excluding carboxylic acids is 1. The molecule has 0 bridgehead atoms. The van der Waals surface area contributed by atoms with Gasteiger partial charge in [-0.2, -0.15) is 0 Å². The third-order valence-corrected chi connectivity index (χ3v) is 3.93. The Morgan fingerprint density at radius 3 is 2.26 bits per heavy atom. The summed E-state index contributed by atoms with van der Waals surface area (Å²) in [6.07, 6.45) is -9.62. The number of alkyl halides is 1. The molecule has 0 aliphatic carbocycles. The standard InChI is InChI=1S/C13H21FO8.CH4/c1-5(16)3-6-8(18)11(14)13(2,12(20)21)22-10(6)9(19)7(17)4-15;/h6-11,15,17-19H,3-4H2,1-2H3,(H,20,21);1H4/t6?,7-,8?,9-,10?,11?,13?;/m1./s1. The number of aliphatic hydroxyl groups is 4. The van der Waals surface area contributed by atoms with Crippen molar-refractivity contribution in [1.82, 2.24) is 0 Å². The number of ether oxygens (including phenoxy) is 1. The Kier molecular flexibility index (Phi) is 7.71. The molecule has 7 atom stereocenters. The van der Waals surface area contributed by atoms with E-state index in [4.69, 9.17) is 14.9 Å². The van der Waals surface area contributed by atoms with Gasteiger partial charge in [0.1, 0.15) is 18.0 Å². The van der Waals surface area contributed by atoms with Crippen LogP contribution in [0.15, 0.2) is 0 Å². The fourth-order valence-electron chi connectivity index (χ4n) is 2.56. The second-order valence-electron chi connectivity index (χ2n) is 5.70. The fraction of sp³-hybridized carbons (Fsp3) is 0.857. The Hall–Kier alpha value is -1.13. The average Bonchev–Trinajstić information content (AvgIpc) is 2.45. The van der Waals surface area contributed by atoms with Crippen molar-refractivity contribution in [3.63, 3.8) is 0 Å². The van der Waals surface area contributed by atoms with Crippen LogP contribution in [-0.2, 0) is 14.3 Å². The van der Waals surface area contributed by atoms with Crippen LogP contribution in [0.1, 0.15) is 27.7 Å². The van der Waals surface area contributed by atoms with E-state index in [9.17, 15) is 29.3 Å². The molecule has 1 aliphatic heterocycles. The highest BCUT2D eigenvalue weighted by molar-refractivity contribution is 5.79. The minimum Gasteiger partial charge on any atom is -0.479 e. The molecule has 136 valence electrons. The van der Waals surface area contributed by atoms with E-state index in [-0.39, 0.29) is 13.8 Å². The largest absolute Gasteiger partial charge is 0.479 e. The summed E-state index contributed by atoms with van der Waals surface area (Å²) in [6, 6.07) is 0. The first-order chi connectivity index (χ1) is 10.1. The minimum atomic E-state index is -2.45. The van der Waals surface area contributed by atoms with Gasteiger partial charge in [-0.15, -0.1) is 0 Å². The van der Waals surface area contributed by atoms with Crippen molar-refractivity contribution >= 4 is 11.8 Å². The number of halogens is 1. The monoisotopic (exact) mass is 340 g/mol. The number of hydrogen-bond acceptors (Lipinski definition) is 7. The summed E-state index contributed by atoms with van der Waals surface area (Å²) in [5.74, 6) is -3.39. The summed E-state index contributed by atoms with van der Waals surface area (Å²) in [6.45, 7) is 1.21. The molecule has 1 saturated heterocycles. The van der Waals surface area contributed by atoms with Gasteiger partial charge in [0.25, 0.3) is 0 Å². The first kappa shape index (κ1) is 21.9. The van der Waals surface area contributed by atoms with E-state index in [1.54, 1.807) is 0 Å². The van der Waals surface area contributed by atoms with Gasteiger partial charge >= 0.3 is 5.97 Å². The van der Waals surface area contributed by atoms with Crippen LogP contribution in [-0.4, -0.2) is 80.1 Å². The van der Waals surface area contributed by atoms with E-state index in [2.05, 4.69) is 0 Å². The van der Waals surface area contributed by atoms with E-state index in [0.29, 0.717) is 0 Å². The summed E-state index contributed by atoms with van der Waals surface area (Å²) < 4.78 is 19.3. The molecule has 5 N–H and O–H groups in total. The molecule has 8 nitrogen and oxygen atoms in total. The first-order valence-corrected chi connectivity index (χ1v) is 6.76. The SMILES string of the molecule is C.CC(=O)CC1C(O)C(F)C(C)(C(=O)O)OC1[C@H](O)[C@H](O)CO. The maximum Gasteiger partial charge on any atom is 0.338 e. The third-order valence-electron chi connectivity index (χ3n) is 3.93. The molecule has 1 heterocycles. The van der Waals surface area contributed by atoms with Gasteiger partial charge in [0.05, 0.1) is 18.8 Å². The van der Waals surface area contributed by atoms with E-state index < -0.39 is 60.5 Å². The van der Waals surface area contributed by atoms with Crippen molar-refractivity contribution in [2.75, 3.05) is 6.61 Å². The van der Waals surface area contributed by atoms with Crippen LogP contribution in [0.25, 0.3) is 0 Å². The maximum absolute atomic E-state index is 14.2. The topological polar surface area (TPSA) is 145 Å². The van der Waals surface area contributed by atoms with Crippen molar-refractivity contribution in [3.05, 3.63) is 0 Å². The van der Waals surface area contributed by atoms with Crippen LogP contribution >= 0.6 is 0 Å². The number of Topliss-reactive ketones (excluding diaryl/α,β-unsaturated/α-hetero) is 1. The molecule has 0 amide bonds. The summed E-state index contributed by atoms with van der Waals surface area (Å²) in [7, 11) is 0. The van der Waals surface area contributed by atoms with Crippen molar-refractivity contribution in [2.45, 2.75) is 63.9 Å². The predicted octanol–water partition coefficient (Wildman–Crippen LogP) is -1.13. The molecule has 1 rings (SSSR count). The average molecular weight is 340 g/mol. The number of carboxylic acids is 1. The lowest BCUT2D eigenvalue weighted by Gasteiger charge is -2.47. The molecular formula is C14H25FO8. The van der Waals surface area contributed by atoms with Crippen molar-refractivity contribution in [2.24, 2.45) is 5.92 Å². The Labute approximate surface area is 133 Å². The number of rotatable bonds is 6. The van der Waals surface area contributed by atoms with Crippen molar-refractivity contribution < 1.29 is 44.2 Å². The lowest BCUT2D eigenvalue weighted by Crippen LogP contribution is -2.66. The molecule has 5 unspecified atom stereocenters. The molecule has 0 aromatic carbocycles. The Morgan fingerprint density at radius 2 is 1.87 bits per heavy atom. The lowest BCUT2D eigenvalue weighted by molar-refractivity contribution is -0.259. The maximum atomic E-state index is 14.2. The number of aliphatic carboxylic acids is 1. The molecule has 23 heavy (non-hydrogen) atoms. The van der Waals surface area contributed by atoms with Gasteiger partial charge in [0.2, 0.25) is 0 Å². The smallest absolute Gasteiger partial charge is 0.338 e. The van der Waals surface area contributed by atoms with Gasteiger partial charge < -0.3 is 35.1 Å². The number of hydrogen-bond donors (Lipinski definition) is 5. The van der Waals surface area contributed by atoms with Gasteiger partial charge in [-0.05, 0) is 13.8 Å². The summed E-state index contributed by atoms with van der Waals surface area (Å²) in [5.41, 5.74) is -2.45. The normalized spacial score (nSPS) is 36.7. The van der Waals surface area contributed by atoms with Gasteiger partial charge in [-0.1, -0.05) is 7.43 Å². The molecule has 0 saturated carbocycles. The molecule has 1 aliphatic rings. The Bertz CT molecular complexity index is 431. The van der Waals surface area contributed by atoms with Crippen molar-refractivity contribution in [3.8, 4) is 0 Å². The van der Waals surface area contributed by atoms with Gasteiger partial charge in [0, 0.05) is 12.3 Å². The van der Waals surface area contributed by atoms with Crippen LogP contribution < -0.4 is 0 Å². The highest BCUT2D eigenvalue weighted by atomic mass is 19.1.